The van der Waals surface area contributed by atoms with E-state index in [1.54, 1.807) is 6.20 Å². The van der Waals surface area contributed by atoms with Crippen molar-refractivity contribution in [1.82, 2.24) is 9.97 Å². The molecule has 0 aliphatic rings. The Bertz CT molecular complexity index is 537. The molecular weight excluding hydrogens is 224 g/mol. The van der Waals surface area contributed by atoms with Gasteiger partial charge in [-0.1, -0.05) is 24.3 Å². The topological polar surface area (TPSA) is 63.8 Å². The van der Waals surface area contributed by atoms with E-state index in [-0.39, 0.29) is 0 Å². The second kappa shape index (κ2) is 5.60. The summed E-state index contributed by atoms with van der Waals surface area (Å²) in [5, 5.41) is 3.27. The Labute approximate surface area is 107 Å². The Morgan fingerprint density at radius 3 is 2.67 bits per heavy atom. The highest BCUT2D eigenvalue weighted by Gasteiger charge is 2.00. The summed E-state index contributed by atoms with van der Waals surface area (Å²) in [5.41, 5.74) is 9.87. The maximum Gasteiger partial charge on any atom is 0.145 e. The average Bonchev–Trinajstić information content (AvgIpc) is 2.40. The van der Waals surface area contributed by atoms with Crippen LogP contribution in [0.2, 0.25) is 0 Å². The summed E-state index contributed by atoms with van der Waals surface area (Å²) < 4.78 is 0. The van der Waals surface area contributed by atoms with Crippen LogP contribution in [-0.2, 0) is 13.1 Å². The van der Waals surface area contributed by atoms with E-state index in [4.69, 9.17) is 5.73 Å². The minimum absolute atomic E-state index is 0.567. The first-order chi connectivity index (χ1) is 8.69. The van der Waals surface area contributed by atoms with Crippen LogP contribution in [0.5, 0.6) is 0 Å². The first kappa shape index (κ1) is 12.5. The van der Waals surface area contributed by atoms with Crippen LogP contribution in [0.25, 0.3) is 0 Å². The molecule has 0 spiro atoms. The Balaban J connectivity index is 2.04. The third-order valence-corrected chi connectivity index (χ3v) is 2.89. The van der Waals surface area contributed by atoms with Crippen LogP contribution >= 0.6 is 0 Å². The zero-order valence-electron chi connectivity index (χ0n) is 10.8. The standard InChI is InChI=1S/C14H18N4/c1-10-11(2)18-14(9-16-10)17-8-13-5-3-4-12(6-13)7-15/h3-6,9H,7-8,15H2,1-2H3,(H,17,18). The van der Waals surface area contributed by atoms with Crippen molar-refractivity contribution >= 4 is 5.82 Å². The molecule has 3 N–H and O–H groups in total. The third-order valence-electron chi connectivity index (χ3n) is 2.89. The normalized spacial score (nSPS) is 10.4. The molecule has 0 saturated heterocycles. The van der Waals surface area contributed by atoms with Gasteiger partial charge in [0, 0.05) is 13.1 Å². The van der Waals surface area contributed by atoms with Crippen molar-refractivity contribution < 1.29 is 0 Å². The lowest BCUT2D eigenvalue weighted by atomic mass is 10.1. The van der Waals surface area contributed by atoms with Crippen LogP contribution in [0, 0.1) is 13.8 Å². The van der Waals surface area contributed by atoms with Crippen LogP contribution in [-0.4, -0.2) is 9.97 Å². The fraction of sp³-hybridized carbons (Fsp3) is 0.286. The molecule has 1 aromatic heterocycles. The average molecular weight is 242 g/mol. The molecule has 0 bridgehead atoms. The molecule has 1 aromatic carbocycles. The first-order valence-electron chi connectivity index (χ1n) is 6.01. The molecule has 94 valence electrons. The maximum atomic E-state index is 5.62. The van der Waals surface area contributed by atoms with Gasteiger partial charge in [-0.25, -0.2) is 4.98 Å². The molecule has 0 unspecified atom stereocenters. The summed E-state index contributed by atoms with van der Waals surface area (Å²) in [7, 11) is 0. The van der Waals surface area contributed by atoms with E-state index < -0.39 is 0 Å². The van der Waals surface area contributed by atoms with E-state index in [0.29, 0.717) is 6.54 Å². The number of hydrogen-bond donors (Lipinski definition) is 2. The fourth-order valence-electron chi connectivity index (χ4n) is 1.69. The van der Waals surface area contributed by atoms with Gasteiger partial charge >= 0.3 is 0 Å². The minimum atomic E-state index is 0.567. The highest BCUT2D eigenvalue weighted by Crippen LogP contribution is 2.09. The Morgan fingerprint density at radius 1 is 1.17 bits per heavy atom. The summed E-state index contributed by atoms with van der Waals surface area (Å²) in [4.78, 5) is 8.71. The second-order valence-electron chi connectivity index (χ2n) is 4.30. The summed E-state index contributed by atoms with van der Waals surface area (Å²) >= 11 is 0. The number of anilines is 1. The number of aryl methyl sites for hydroxylation is 2. The third kappa shape index (κ3) is 3.05. The van der Waals surface area contributed by atoms with Crippen molar-refractivity contribution in [2.75, 3.05) is 5.32 Å². The summed E-state index contributed by atoms with van der Waals surface area (Å²) in [6, 6.07) is 8.21. The highest BCUT2D eigenvalue weighted by atomic mass is 15.0. The van der Waals surface area contributed by atoms with Crippen molar-refractivity contribution in [3.63, 3.8) is 0 Å². The first-order valence-corrected chi connectivity index (χ1v) is 6.01. The van der Waals surface area contributed by atoms with Crippen molar-refractivity contribution in [3.05, 3.63) is 53.0 Å². The summed E-state index contributed by atoms with van der Waals surface area (Å²) in [6.45, 7) is 5.21. The molecule has 18 heavy (non-hydrogen) atoms. The monoisotopic (exact) mass is 242 g/mol. The van der Waals surface area contributed by atoms with E-state index in [9.17, 15) is 0 Å². The number of nitrogens with one attached hydrogen (secondary N) is 1. The molecule has 2 aromatic rings. The van der Waals surface area contributed by atoms with Crippen LogP contribution in [0.4, 0.5) is 5.82 Å². The highest BCUT2D eigenvalue weighted by molar-refractivity contribution is 5.35. The number of hydrogen-bond acceptors (Lipinski definition) is 4. The van der Waals surface area contributed by atoms with E-state index in [1.165, 1.54) is 5.56 Å². The van der Waals surface area contributed by atoms with Crippen molar-refractivity contribution in [2.24, 2.45) is 5.73 Å². The van der Waals surface area contributed by atoms with Gasteiger partial charge in [-0.15, -0.1) is 0 Å². The number of rotatable bonds is 4. The minimum Gasteiger partial charge on any atom is -0.365 e. The van der Waals surface area contributed by atoms with Crippen molar-refractivity contribution in [2.45, 2.75) is 26.9 Å². The molecule has 0 fully saturated rings. The quantitative estimate of drug-likeness (QED) is 0.862. The summed E-state index contributed by atoms with van der Waals surface area (Å²) in [6.07, 6.45) is 1.76. The van der Waals surface area contributed by atoms with Gasteiger partial charge in [0.2, 0.25) is 0 Å². The van der Waals surface area contributed by atoms with E-state index >= 15 is 0 Å². The molecule has 0 saturated carbocycles. The van der Waals surface area contributed by atoms with Gasteiger partial charge in [-0.05, 0) is 25.0 Å². The van der Waals surface area contributed by atoms with Gasteiger partial charge in [-0.3, -0.25) is 4.98 Å². The molecule has 0 aliphatic carbocycles. The lowest BCUT2D eigenvalue weighted by Gasteiger charge is -2.08. The zero-order chi connectivity index (χ0) is 13.0. The predicted octanol–water partition coefficient (Wildman–Crippen LogP) is 2.16. The maximum absolute atomic E-state index is 5.62. The second-order valence-corrected chi connectivity index (χ2v) is 4.30. The molecule has 1 heterocycles. The largest absolute Gasteiger partial charge is 0.365 e. The molecule has 0 aliphatic heterocycles. The molecule has 0 radical (unpaired) electrons. The lowest BCUT2D eigenvalue weighted by molar-refractivity contribution is 1.01. The SMILES string of the molecule is Cc1ncc(NCc2cccc(CN)c2)nc1C. The van der Waals surface area contributed by atoms with Gasteiger partial charge in [0.15, 0.2) is 0 Å². The van der Waals surface area contributed by atoms with E-state index in [2.05, 4.69) is 27.4 Å². The molecule has 0 atom stereocenters. The van der Waals surface area contributed by atoms with E-state index in [1.807, 2.05) is 26.0 Å². The van der Waals surface area contributed by atoms with Gasteiger partial charge in [0.05, 0.1) is 17.6 Å². The Hall–Kier alpha value is -1.94. The Morgan fingerprint density at radius 2 is 1.94 bits per heavy atom. The van der Waals surface area contributed by atoms with Gasteiger partial charge in [0.1, 0.15) is 5.82 Å². The van der Waals surface area contributed by atoms with E-state index in [0.717, 1.165) is 29.3 Å². The smallest absolute Gasteiger partial charge is 0.145 e. The lowest BCUT2D eigenvalue weighted by Crippen LogP contribution is -2.05. The molecule has 0 amide bonds. The molecule has 4 heteroatoms. The fourth-order valence-corrected chi connectivity index (χ4v) is 1.69. The number of aromatic nitrogens is 2. The predicted molar refractivity (Wildman–Crippen MR) is 73.2 cm³/mol. The van der Waals surface area contributed by atoms with Gasteiger partial charge in [0.25, 0.3) is 0 Å². The summed E-state index contributed by atoms with van der Waals surface area (Å²) in [5.74, 6) is 0.802. The molecule has 2 rings (SSSR count). The van der Waals surface area contributed by atoms with Gasteiger partial charge in [-0.2, -0.15) is 0 Å². The Kier molecular flexibility index (Phi) is 3.89. The number of nitrogens with two attached hydrogens (primary N) is 1. The van der Waals surface area contributed by atoms with Crippen LogP contribution in [0.3, 0.4) is 0 Å². The number of benzene rings is 1. The van der Waals surface area contributed by atoms with Crippen molar-refractivity contribution in [1.29, 1.82) is 0 Å². The van der Waals surface area contributed by atoms with Crippen LogP contribution in [0.15, 0.2) is 30.5 Å². The number of nitrogens with zero attached hydrogens (tertiary/aromatic N) is 2. The molecule has 4 nitrogen and oxygen atoms in total. The molecular formula is C14H18N4. The van der Waals surface area contributed by atoms with Gasteiger partial charge < -0.3 is 11.1 Å². The van der Waals surface area contributed by atoms with Crippen LogP contribution < -0.4 is 11.1 Å². The van der Waals surface area contributed by atoms with Crippen LogP contribution in [0.1, 0.15) is 22.5 Å². The van der Waals surface area contributed by atoms with Crippen molar-refractivity contribution in [3.8, 4) is 0 Å². The zero-order valence-corrected chi connectivity index (χ0v) is 10.8.